The Bertz CT molecular complexity index is 844. The maximum Gasteiger partial charge on any atom is 0.131 e. The average Bonchev–Trinajstić information content (AvgIpc) is 2.67. The number of nitrogens with two attached hydrogens (primary N) is 2. The van der Waals surface area contributed by atoms with Crippen molar-refractivity contribution in [3.8, 4) is 11.1 Å². The van der Waals surface area contributed by atoms with Crippen LogP contribution in [0.3, 0.4) is 0 Å². The fourth-order valence-electron chi connectivity index (χ4n) is 3.13. The normalized spacial score (nSPS) is 13.7. The molecule has 2 atom stereocenters. The minimum Gasteiger partial charge on any atom is -0.393 e. The topological polar surface area (TPSA) is 117 Å². The van der Waals surface area contributed by atoms with E-state index in [0.717, 1.165) is 12.8 Å². The molecule has 8 heteroatoms. The Morgan fingerprint density at radius 3 is 2.52 bits per heavy atom. The van der Waals surface area contributed by atoms with Crippen LogP contribution in [0.1, 0.15) is 43.5 Å². The Hall–Kier alpha value is -2.39. The lowest BCUT2D eigenvalue weighted by atomic mass is 9.98. The predicted molar refractivity (Wildman–Crippen MR) is 111 cm³/mol. The molecule has 0 bridgehead atoms. The first-order chi connectivity index (χ1) is 13.9. The summed E-state index contributed by atoms with van der Waals surface area (Å²) in [5.74, 6) is -1.14. The second-order valence-corrected chi connectivity index (χ2v) is 6.79. The van der Waals surface area contributed by atoms with Crippen molar-refractivity contribution < 1.29 is 19.0 Å². The molecule has 0 fully saturated rings. The summed E-state index contributed by atoms with van der Waals surface area (Å²) in [5.41, 5.74) is 12.3. The zero-order valence-electron chi connectivity index (χ0n) is 16.4. The first-order valence-corrected chi connectivity index (χ1v) is 9.56. The molecule has 6 nitrogen and oxygen atoms in total. The lowest BCUT2D eigenvalue weighted by molar-refractivity contribution is 0.153. The van der Waals surface area contributed by atoms with Crippen LogP contribution in [-0.4, -0.2) is 29.2 Å². The number of nitrogens with one attached hydrogen (secondary N) is 1. The van der Waals surface area contributed by atoms with Crippen molar-refractivity contribution in [2.24, 2.45) is 16.5 Å². The first-order valence-electron chi connectivity index (χ1n) is 9.56. The lowest BCUT2D eigenvalue weighted by Crippen LogP contribution is -2.20. The molecule has 0 aliphatic rings. The average molecular weight is 406 g/mol. The minimum absolute atomic E-state index is 0.0349. The quantitative estimate of drug-likeness (QED) is 0.180. The molecule has 158 valence electrons. The van der Waals surface area contributed by atoms with Gasteiger partial charge in [-0.25, -0.2) is 13.8 Å². The Labute approximate surface area is 169 Å². The van der Waals surface area contributed by atoms with Gasteiger partial charge in [-0.3, -0.25) is 0 Å². The second-order valence-electron chi connectivity index (χ2n) is 6.79. The summed E-state index contributed by atoms with van der Waals surface area (Å²) in [6.07, 6.45) is 1.39. The van der Waals surface area contributed by atoms with Gasteiger partial charge in [0.1, 0.15) is 17.9 Å². The van der Waals surface area contributed by atoms with E-state index in [4.69, 9.17) is 11.5 Å². The summed E-state index contributed by atoms with van der Waals surface area (Å²) >= 11 is 0. The summed E-state index contributed by atoms with van der Waals surface area (Å²) in [6, 6.07) is 6.96. The minimum atomic E-state index is -1.43. The molecular weight excluding hydrogens is 378 g/mol. The highest BCUT2D eigenvalue weighted by atomic mass is 19.1. The fourth-order valence-corrected chi connectivity index (χ4v) is 3.13. The zero-order chi connectivity index (χ0) is 21.4. The van der Waals surface area contributed by atoms with Crippen LogP contribution in [0.5, 0.6) is 0 Å². The SMILES string of the molecule is CCCC(O)CCNCc1c(F)ccc(-c2ccc(C(N)O)c(F)c2)c1N=CN. The van der Waals surface area contributed by atoms with Gasteiger partial charge in [-0.05, 0) is 43.1 Å². The third-order valence-electron chi connectivity index (χ3n) is 4.64. The molecule has 0 saturated heterocycles. The van der Waals surface area contributed by atoms with Crippen LogP contribution in [0.4, 0.5) is 14.5 Å². The van der Waals surface area contributed by atoms with Crippen LogP contribution in [0, 0.1) is 11.6 Å². The monoisotopic (exact) mass is 406 g/mol. The number of aliphatic imine (C=N–C) groups is 1. The molecule has 0 aliphatic heterocycles. The van der Waals surface area contributed by atoms with Crippen molar-refractivity contribution in [2.75, 3.05) is 6.54 Å². The molecule has 0 aliphatic carbocycles. The van der Waals surface area contributed by atoms with Crippen molar-refractivity contribution in [3.05, 3.63) is 53.1 Å². The lowest BCUT2D eigenvalue weighted by Gasteiger charge is -2.15. The summed E-state index contributed by atoms with van der Waals surface area (Å²) in [5, 5.41) is 22.3. The Morgan fingerprint density at radius 2 is 1.90 bits per heavy atom. The Kier molecular flexibility index (Phi) is 8.66. The van der Waals surface area contributed by atoms with Gasteiger partial charge in [0.2, 0.25) is 0 Å². The van der Waals surface area contributed by atoms with Crippen LogP contribution >= 0.6 is 0 Å². The van der Waals surface area contributed by atoms with E-state index in [1.54, 1.807) is 6.07 Å². The molecule has 2 rings (SSSR count). The zero-order valence-corrected chi connectivity index (χ0v) is 16.4. The highest BCUT2D eigenvalue weighted by Crippen LogP contribution is 2.36. The number of nitrogens with zero attached hydrogens (tertiary/aromatic N) is 1. The van der Waals surface area contributed by atoms with E-state index < -0.39 is 24.0 Å². The number of benzene rings is 2. The van der Waals surface area contributed by atoms with Gasteiger partial charge in [0.15, 0.2) is 0 Å². The molecule has 0 radical (unpaired) electrons. The maximum atomic E-state index is 14.5. The third kappa shape index (κ3) is 6.04. The molecule has 0 aromatic heterocycles. The van der Waals surface area contributed by atoms with Gasteiger partial charge in [-0.15, -0.1) is 0 Å². The van der Waals surface area contributed by atoms with Crippen molar-refractivity contribution >= 4 is 12.0 Å². The van der Waals surface area contributed by atoms with E-state index in [1.807, 2.05) is 6.92 Å². The fraction of sp³-hybridized carbons (Fsp3) is 0.381. The molecule has 0 amide bonds. The molecule has 2 aromatic carbocycles. The number of aliphatic hydroxyl groups excluding tert-OH is 2. The summed E-state index contributed by atoms with van der Waals surface area (Å²) in [6.45, 7) is 2.68. The van der Waals surface area contributed by atoms with Gasteiger partial charge in [0.25, 0.3) is 0 Å². The van der Waals surface area contributed by atoms with Crippen LogP contribution in [0.25, 0.3) is 11.1 Å². The van der Waals surface area contributed by atoms with Gasteiger partial charge in [-0.2, -0.15) is 0 Å². The van der Waals surface area contributed by atoms with Gasteiger partial charge in [-0.1, -0.05) is 25.5 Å². The Balaban J connectivity index is 2.30. The molecule has 29 heavy (non-hydrogen) atoms. The van der Waals surface area contributed by atoms with Gasteiger partial charge in [0, 0.05) is 23.2 Å². The van der Waals surface area contributed by atoms with E-state index in [1.165, 1.54) is 24.3 Å². The van der Waals surface area contributed by atoms with Gasteiger partial charge in [0.05, 0.1) is 18.1 Å². The smallest absolute Gasteiger partial charge is 0.131 e. The number of hydrogen-bond acceptors (Lipinski definition) is 5. The van der Waals surface area contributed by atoms with Gasteiger partial charge < -0.3 is 27.0 Å². The third-order valence-corrected chi connectivity index (χ3v) is 4.64. The van der Waals surface area contributed by atoms with Crippen LogP contribution in [-0.2, 0) is 6.54 Å². The predicted octanol–water partition coefficient (Wildman–Crippen LogP) is 2.84. The maximum absolute atomic E-state index is 14.5. The summed E-state index contributed by atoms with van der Waals surface area (Å²) < 4.78 is 28.8. The molecule has 0 saturated carbocycles. The molecule has 2 aromatic rings. The molecule has 0 heterocycles. The van der Waals surface area contributed by atoms with Crippen LogP contribution < -0.4 is 16.8 Å². The standard InChI is InChI=1S/C21H28F2N4O2/c1-2-3-14(28)8-9-26-11-17-18(22)7-6-15(20(17)27-12-24)13-4-5-16(21(25)29)19(23)10-13/h4-7,10,12,14,21,26,28-29H,2-3,8-9,11,25H2,1H3,(H2,24,27). The van der Waals surface area contributed by atoms with Crippen molar-refractivity contribution in [1.82, 2.24) is 5.32 Å². The van der Waals surface area contributed by atoms with Crippen molar-refractivity contribution in [3.63, 3.8) is 0 Å². The van der Waals surface area contributed by atoms with Crippen molar-refractivity contribution in [1.29, 1.82) is 0 Å². The van der Waals surface area contributed by atoms with Crippen LogP contribution in [0.2, 0.25) is 0 Å². The van der Waals surface area contributed by atoms with E-state index in [0.29, 0.717) is 30.5 Å². The molecule has 2 unspecified atom stereocenters. The molecule has 0 spiro atoms. The molecule has 7 N–H and O–H groups in total. The second kappa shape index (κ2) is 11.0. The number of hydrogen-bond donors (Lipinski definition) is 5. The van der Waals surface area contributed by atoms with Gasteiger partial charge >= 0.3 is 0 Å². The Morgan fingerprint density at radius 1 is 1.14 bits per heavy atom. The van der Waals surface area contributed by atoms with Crippen LogP contribution in [0.15, 0.2) is 35.3 Å². The van der Waals surface area contributed by atoms with E-state index in [-0.39, 0.29) is 23.4 Å². The highest BCUT2D eigenvalue weighted by molar-refractivity contribution is 5.81. The molecular formula is C21H28F2N4O2. The van der Waals surface area contributed by atoms with E-state index >= 15 is 0 Å². The number of halogens is 2. The largest absolute Gasteiger partial charge is 0.393 e. The summed E-state index contributed by atoms with van der Waals surface area (Å²) in [4.78, 5) is 4.10. The van der Waals surface area contributed by atoms with Crippen molar-refractivity contribution in [2.45, 2.75) is 45.1 Å². The highest BCUT2D eigenvalue weighted by Gasteiger charge is 2.17. The van der Waals surface area contributed by atoms with E-state index in [9.17, 15) is 19.0 Å². The summed E-state index contributed by atoms with van der Waals surface area (Å²) in [7, 11) is 0. The number of rotatable bonds is 10. The number of aliphatic hydroxyl groups is 2. The first kappa shape index (κ1) is 22.9. The van der Waals surface area contributed by atoms with E-state index in [2.05, 4.69) is 10.3 Å².